The maximum atomic E-state index is 13.0. The number of methoxy groups -OCH3 is 1. The Balaban J connectivity index is 1.89. The molecule has 33 heavy (non-hydrogen) atoms. The number of sulfonamides is 1. The minimum Gasteiger partial charge on any atom is -0.465 e. The predicted octanol–water partition coefficient (Wildman–Crippen LogP) is 5.45. The van der Waals surface area contributed by atoms with Gasteiger partial charge in [0.05, 0.1) is 22.7 Å². The number of benzene rings is 3. The summed E-state index contributed by atoms with van der Waals surface area (Å²) in [7, 11) is -2.86. The van der Waals surface area contributed by atoms with Gasteiger partial charge >= 0.3 is 5.97 Å². The van der Waals surface area contributed by atoms with E-state index in [0.717, 1.165) is 11.1 Å². The lowest BCUT2D eigenvalue weighted by atomic mass is 10.1. The fraction of sp³-hybridized carbons (Fsp3) is 0.130. The fourth-order valence-corrected chi connectivity index (χ4v) is 4.93. The fourth-order valence-electron chi connectivity index (χ4n) is 3.17. The number of halogens is 2. The van der Waals surface area contributed by atoms with E-state index in [1.54, 1.807) is 12.1 Å². The van der Waals surface area contributed by atoms with Gasteiger partial charge in [-0.2, -0.15) is 0 Å². The normalized spacial score (nSPS) is 11.1. The number of aryl methyl sites for hydroxylation is 2. The highest BCUT2D eigenvalue weighted by atomic mass is 35.5. The van der Waals surface area contributed by atoms with Gasteiger partial charge in [-0.25, -0.2) is 13.2 Å². The summed E-state index contributed by atoms with van der Waals surface area (Å²) < 4.78 is 33.1. The first-order valence-corrected chi connectivity index (χ1v) is 11.8. The van der Waals surface area contributed by atoms with Gasteiger partial charge in [-0.15, -0.1) is 0 Å². The first-order valence-electron chi connectivity index (χ1n) is 9.60. The Kier molecular flexibility index (Phi) is 7.31. The van der Waals surface area contributed by atoms with Gasteiger partial charge in [0.2, 0.25) is 0 Å². The number of hydrogen-bond donors (Lipinski definition) is 2. The molecule has 0 saturated heterocycles. The van der Waals surface area contributed by atoms with Crippen LogP contribution in [0.1, 0.15) is 31.8 Å². The number of esters is 1. The third-order valence-corrected chi connectivity index (χ3v) is 6.78. The quantitative estimate of drug-likeness (QED) is 0.432. The molecule has 0 aliphatic rings. The van der Waals surface area contributed by atoms with Crippen molar-refractivity contribution in [1.82, 2.24) is 0 Å². The number of nitrogens with one attached hydrogen (secondary N) is 2. The van der Waals surface area contributed by atoms with E-state index in [0.29, 0.717) is 5.69 Å². The van der Waals surface area contributed by atoms with Crippen LogP contribution in [0.25, 0.3) is 0 Å². The largest absolute Gasteiger partial charge is 0.465 e. The van der Waals surface area contributed by atoms with Crippen LogP contribution in [0, 0.1) is 13.8 Å². The summed E-state index contributed by atoms with van der Waals surface area (Å²) in [6, 6.07) is 13.5. The molecule has 0 atom stereocenters. The molecule has 0 bridgehead atoms. The van der Waals surface area contributed by atoms with Crippen molar-refractivity contribution in [3.05, 3.63) is 86.9 Å². The molecule has 1 amide bonds. The molecule has 2 N–H and O–H groups in total. The third-order valence-electron chi connectivity index (χ3n) is 4.59. The molecule has 7 nitrogen and oxygen atoms in total. The van der Waals surface area contributed by atoms with Crippen LogP contribution in [-0.4, -0.2) is 27.4 Å². The van der Waals surface area contributed by atoms with Crippen molar-refractivity contribution in [3.8, 4) is 0 Å². The molecular formula is C23H20Cl2N2O5S. The summed E-state index contributed by atoms with van der Waals surface area (Å²) in [5, 5.41) is 2.73. The van der Waals surface area contributed by atoms with E-state index in [2.05, 4.69) is 14.8 Å². The second-order valence-corrected chi connectivity index (χ2v) is 9.73. The highest BCUT2D eigenvalue weighted by molar-refractivity contribution is 7.92. The van der Waals surface area contributed by atoms with E-state index in [1.807, 2.05) is 19.9 Å². The molecule has 3 rings (SSSR count). The van der Waals surface area contributed by atoms with Gasteiger partial charge in [-0.05, 0) is 73.5 Å². The summed E-state index contributed by atoms with van der Waals surface area (Å²) in [5.74, 6) is -1.26. The van der Waals surface area contributed by atoms with Crippen LogP contribution in [-0.2, 0) is 14.8 Å². The lowest BCUT2D eigenvalue weighted by Gasteiger charge is -2.13. The summed E-state index contributed by atoms with van der Waals surface area (Å²) in [4.78, 5) is 24.3. The Bertz CT molecular complexity index is 1340. The molecule has 0 aliphatic carbocycles. The van der Waals surface area contributed by atoms with Crippen molar-refractivity contribution in [2.24, 2.45) is 0 Å². The van der Waals surface area contributed by atoms with Crippen LogP contribution in [0.15, 0.2) is 59.5 Å². The van der Waals surface area contributed by atoms with E-state index in [9.17, 15) is 18.0 Å². The summed E-state index contributed by atoms with van der Waals surface area (Å²) >= 11 is 12.1. The standard InChI is InChI=1S/C23H20Cl2N2O5S/c1-13-8-14(2)10-17(9-13)27-33(30,31)21-11-15(4-6-20(21)25)22(28)26-16-5-7-19(24)18(12-16)23(29)32-3/h4-12,27H,1-3H3,(H,26,28). The highest BCUT2D eigenvalue weighted by Crippen LogP contribution is 2.27. The van der Waals surface area contributed by atoms with Gasteiger partial charge in [0.1, 0.15) is 4.90 Å². The molecule has 0 spiro atoms. The Morgan fingerprint density at radius 1 is 0.848 bits per heavy atom. The molecule has 3 aromatic rings. The van der Waals surface area contributed by atoms with Crippen molar-refractivity contribution < 1.29 is 22.7 Å². The minimum absolute atomic E-state index is 0.0390. The third kappa shape index (κ3) is 5.84. The summed E-state index contributed by atoms with van der Waals surface area (Å²) in [6.07, 6.45) is 0. The lowest BCUT2D eigenvalue weighted by molar-refractivity contribution is 0.0600. The first-order chi connectivity index (χ1) is 15.5. The number of carbonyl (C=O) groups is 2. The molecule has 0 radical (unpaired) electrons. The maximum Gasteiger partial charge on any atom is 0.339 e. The number of carbonyl (C=O) groups excluding carboxylic acids is 2. The van der Waals surface area contributed by atoms with Gasteiger partial charge < -0.3 is 10.1 Å². The topological polar surface area (TPSA) is 102 Å². The van der Waals surface area contributed by atoms with Crippen LogP contribution in [0.2, 0.25) is 10.0 Å². The second-order valence-electron chi connectivity index (χ2n) is 7.27. The molecule has 0 aromatic heterocycles. The molecule has 0 heterocycles. The minimum atomic E-state index is -4.07. The first kappa shape index (κ1) is 24.6. The Labute approximate surface area is 201 Å². The Hall–Kier alpha value is -3.07. The molecule has 0 unspecified atom stereocenters. The molecule has 0 saturated carbocycles. The van der Waals surface area contributed by atoms with Crippen molar-refractivity contribution in [3.63, 3.8) is 0 Å². The van der Waals surface area contributed by atoms with Crippen molar-refractivity contribution in [2.75, 3.05) is 17.1 Å². The smallest absolute Gasteiger partial charge is 0.339 e. The van der Waals surface area contributed by atoms with Gasteiger partial charge in [0.25, 0.3) is 15.9 Å². The molecule has 0 fully saturated rings. The van der Waals surface area contributed by atoms with E-state index < -0.39 is 21.9 Å². The van der Waals surface area contributed by atoms with Crippen LogP contribution >= 0.6 is 23.2 Å². The predicted molar refractivity (Wildman–Crippen MR) is 129 cm³/mol. The van der Waals surface area contributed by atoms with Crippen LogP contribution in [0.5, 0.6) is 0 Å². The lowest BCUT2D eigenvalue weighted by Crippen LogP contribution is -2.17. The van der Waals surface area contributed by atoms with E-state index >= 15 is 0 Å². The average Bonchev–Trinajstić information content (AvgIpc) is 2.73. The van der Waals surface area contributed by atoms with Gasteiger partial charge in [-0.1, -0.05) is 29.3 Å². The SMILES string of the molecule is COC(=O)c1cc(NC(=O)c2ccc(Cl)c(S(=O)(=O)Nc3cc(C)cc(C)c3)c2)ccc1Cl. The van der Waals surface area contributed by atoms with Crippen LogP contribution < -0.4 is 10.0 Å². The average molecular weight is 507 g/mol. The van der Waals surface area contributed by atoms with Crippen molar-refractivity contribution in [2.45, 2.75) is 18.7 Å². The van der Waals surface area contributed by atoms with Crippen molar-refractivity contribution >= 4 is 56.5 Å². The number of hydrogen-bond acceptors (Lipinski definition) is 5. The zero-order valence-electron chi connectivity index (χ0n) is 17.9. The maximum absolute atomic E-state index is 13.0. The van der Waals surface area contributed by atoms with Gasteiger partial charge in [-0.3, -0.25) is 9.52 Å². The highest BCUT2D eigenvalue weighted by Gasteiger charge is 2.21. The number of amides is 1. The van der Waals surface area contributed by atoms with Crippen molar-refractivity contribution in [1.29, 1.82) is 0 Å². The van der Waals surface area contributed by atoms with Crippen LogP contribution in [0.4, 0.5) is 11.4 Å². The van der Waals surface area contributed by atoms with E-state index in [4.69, 9.17) is 23.2 Å². The number of ether oxygens (including phenoxy) is 1. The molecule has 3 aromatic carbocycles. The Morgan fingerprint density at radius 2 is 1.48 bits per heavy atom. The Morgan fingerprint density at radius 3 is 2.12 bits per heavy atom. The number of rotatable bonds is 6. The monoisotopic (exact) mass is 506 g/mol. The molecular weight excluding hydrogens is 487 g/mol. The molecule has 0 aliphatic heterocycles. The second kappa shape index (κ2) is 9.82. The van der Waals surface area contributed by atoms with Gasteiger partial charge in [0, 0.05) is 16.9 Å². The van der Waals surface area contributed by atoms with E-state index in [-0.39, 0.29) is 31.8 Å². The van der Waals surface area contributed by atoms with Gasteiger partial charge in [0.15, 0.2) is 0 Å². The zero-order valence-corrected chi connectivity index (χ0v) is 20.2. The molecule has 172 valence electrons. The summed E-state index contributed by atoms with van der Waals surface area (Å²) in [5.41, 5.74) is 2.57. The zero-order chi connectivity index (χ0) is 24.3. The van der Waals surface area contributed by atoms with E-state index in [1.165, 1.54) is 43.5 Å². The number of anilines is 2. The summed E-state index contributed by atoms with van der Waals surface area (Å²) in [6.45, 7) is 3.70. The molecule has 10 heteroatoms. The van der Waals surface area contributed by atoms with Crippen LogP contribution in [0.3, 0.4) is 0 Å².